The summed E-state index contributed by atoms with van der Waals surface area (Å²) in [5, 5.41) is 1.14. The van der Waals surface area contributed by atoms with Crippen LogP contribution in [0.3, 0.4) is 0 Å². The number of halogens is 1. The Morgan fingerprint density at radius 3 is 2.92 bits per heavy atom. The molecule has 1 nitrogen and oxygen atoms in total. The number of thioether (sulfide) groups is 1. The van der Waals surface area contributed by atoms with Crippen molar-refractivity contribution >= 4 is 11.8 Å². The van der Waals surface area contributed by atoms with E-state index in [4.69, 9.17) is 5.73 Å². The van der Waals surface area contributed by atoms with Crippen LogP contribution in [0.2, 0.25) is 0 Å². The van der Waals surface area contributed by atoms with Crippen LogP contribution in [0, 0.1) is 5.82 Å². The topological polar surface area (TPSA) is 26.0 Å². The molecule has 0 bridgehead atoms. The second-order valence-electron chi connectivity index (χ2n) is 3.00. The van der Waals surface area contributed by atoms with Crippen LogP contribution in [-0.4, -0.2) is 0 Å². The van der Waals surface area contributed by atoms with Gasteiger partial charge in [-0.3, -0.25) is 0 Å². The Morgan fingerprint density at radius 1 is 1.46 bits per heavy atom. The molecule has 2 rings (SSSR count). The molecule has 68 valence electrons. The molecule has 1 heterocycles. The standard InChI is InChI=1S/C10H10FNS/c11-8-3-1-2-7(6-8)9-4-5-10(12)13-9/h1-3,5-6,9H,4,12H2. The Hall–Kier alpha value is -0.960. The summed E-state index contributed by atoms with van der Waals surface area (Å²) in [5.74, 6) is -0.177. The maximum absolute atomic E-state index is 12.9. The summed E-state index contributed by atoms with van der Waals surface area (Å²) in [6, 6.07) is 6.71. The summed E-state index contributed by atoms with van der Waals surface area (Å²) in [5.41, 5.74) is 6.65. The lowest BCUT2D eigenvalue weighted by atomic mass is 10.1. The van der Waals surface area contributed by atoms with Crippen LogP contribution in [0.15, 0.2) is 35.4 Å². The molecule has 0 fully saturated rings. The van der Waals surface area contributed by atoms with Gasteiger partial charge in [0.25, 0.3) is 0 Å². The zero-order valence-electron chi connectivity index (χ0n) is 7.03. The summed E-state index contributed by atoms with van der Waals surface area (Å²) in [6.07, 6.45) is 2.89. The van der Waals surface area contributed by atoms with E-state index in [0.29, 0.717) is 5.25 Å². The normalized spacial score (nSPS) is 21.6. The van der Waals surface area contributed by atoms with Crippen molar-refractivity contribution in [1.29, 1.82) is 0 Å². The van der Waals surface area contributed by atoms with Gasteiger partial charge in [-0.2, -0.15) is 0 Å². The molecule has 0 aromatic heterocycles. The maximum Gasteiger partial charge on any atom is 0.123 e. The molecule has 1 unspecified atom stereocenters. The zero-order chi connectivity index (χ0) is 9.26. The van der Waals surface area contributed by atoms with E-state index in [9.17, 15) is 4.39 Å². The van der Waals surface area contributed by atoms with Gasteiger partial charge in [-0.15, -0.1) is 11.8 Å². The van der Waals surface area contributed by atoms with Gasteiger partial charge in [-0.25, -0.2) is 4.39 Å². The second-order valence-corrected chi connectivity index (χ2v) is 4.28. The fourth-order valence-corrected chi connectivity index (χ4v) is 2.39. The van der Waals surface area contributed by atoms with Gasteiger partial charge in [0.2, 0.25) is 0 Å². The van der Waals surface area contributed by atoms with Crippen molar-refractivity contribution < 1.29 is 4.39 Å². The summed E-state index contributed by atoms with van der Waals surface area (Å²) >= 11 is 1.60. The van der Waals surface area contributed by atoms with Crippen LogP contribution in [0.5, 0.6) is 0 Å². The fraction of sp³-hybridized carbons (Fsp3) is 0.200. The maximum atomic E-state index is 12.9. The Balaban J connectivity index is 2.18. The third-order valence-corrected chi connectivity index (χ3v) is 3.22. The van der Waals surface area contributed by atoms with E-state index in [1.165, 1.54) is 6.07 Å². The highest BCUT2D eigenvalue weighted by Gasteiger charge is 2.17. The molecule has 1 atom stereocenters. The molecule has 0 aliphatic carbocycles. The number of hydrogen-bond donors (Lipinski definition) is 1. The molecule has 2 N–H and O–H groups in total. The summed E-state index contributed by atoms with van der Waals surface area (Å²) in [6.45, 7) is 0. The molecule has 1 aromatic carbocycles. The summed E-state index contributed by atoms with van der Waals surface area (Å²) in [4.78, 5) is 0. The minimum Gasteiger partial charge on any atom is -0.394 e. The summed E-state index contributed by atoms with van der Waals surface area (Å²) in [7, 11) is 0. The van der Waals surface area contributed by atoms with Crippen LogP contribution < -0.4 is 5.73 Å². The van der Waals surface area contributed by atoms with Crippen LogP contribution in [0.4, 0.5) is 4.39 Å². The van der Waals surface area contributed by atoms with E-state index in [1.807, 2.05) is 12.1 Å². The average molecular weight is 195 g/mol. The van der Waals surface area contributed by atoms with Crippen LogP contribution in [0.1, 0.15) is 17.2 Å². The van der Waals surface area contributed by atoms with E-state index in [-0.39, 0.29) is 5.82 Å². The Morgan fingerprint density at radius 2 is 2.31 bits per heavy atom. The molecule has 0 spiro atoms. The predicted molar refractivity (Wildman–Crippen MR) is 53.6 cm³/mol. The van der Waals surface area contributed by atoms with Crippen molar-refractivity contribution in [1.82, 2.24) is 0 Å². The van der Waals surface area contributed by atoms with Crippen molar-refractivity contribution in [3.05, 3.63) is 46.8 Å². The first-order chi connectivity index (χ1) is 6.25. The molecule has 1 aromatic rings. The quantitative estimate of drug-likeness (QED) is 0.745. The number of rotatable bonds is 1. The Labute approximate surface area is 80.8 Å². The average Bonchev–Trinajstić information content (AvgIpc) is 2.52. The predicted octanol–water partition coefficient (Wildman–Crippen LogP) is 2.80. The number of nitrogens with two attached hydrogens (primary N) is 1. The largest absolute Gasteiger partial charge is 0.394 e. The monoisotopic (exact) mass is 195 g/mol. The number of benzene rings is 1. The molecular formula is C10H10FNS. The molecule has 0 saturated heterocycles. The Bertz CT molecular complexity index is 349. The molecule has 0 saturated carbocycles. The zero-order valence-corrected chi connectivity index (χ0v) is 7.85. The van der Waals surface area contributed by atoms with Gasteiger partial charge in [0, 0.05) is 5.25 Å². The fourth-order valence-electron chi connectivity index (χ4n) is 1.39. The lowest BCUT2D eigenvalue weighted by Gasteiger charge is -2.08. The number of hydrogen-bond acceptors (Lipinski definition) is 2. The van der Waals surface area contributed by atoms with Gasteiger partial charge in [0.15, 0.2) is 0 Å². The van der Waals surface area contributed by atoms with Gasteiger partial charge in [0.05, 0.1) is 5.03 Å². The van der Waals surface area contributed by atoms with Gasteiger partial charge in [0.1, 0.15) is 5.82 Å². The lowest BCUT2D eigenvalue weighted by Crippen LogP contribution is -1.91. The highest BCUT2D eigenvalue weighted by Crippen LogP contribution is 2.41. The van der Waals surface area contributed by atoms with Crippen LogP contribution in [-0.2, 0) is 0 Å². The van der Waals surface area contributed by atoms with Crippen molar-refractivity contribution in [3.63, 3.8) is 0 Å². The van der Waals surface area contributed by atoms with Crippen molar-refractivity contribution in [2.75, 3.05) is 0 Å². The van der Waals surface area contributed by atoms with E-state index in [0.717, 1.165) is 17.0 Å². The van der Waals surface area contributed by atoms with Gasteiger partial charge < -0.3 is 5.73 Å². The minimum absolute atomic E-state index is 0.177. The van der Waals surface area contributed by atoms with Crippen molar-refractivity contribution in [2.45, 2.75) is 11.7 Å². The first-order valence-corrected chi connectivity index (χ1v) is 5.01. The molecule has 1 aliphatic rings. The highest BCUT2D eigenvalue weighted by molar-refractivity contribution is 8.03. The van der Waals surface area contributed by atoms with E-state index < -0.39 is 0 Å². The third-order valence-electron chi connectivity index (χ3n) is 2.03. The lowest BCUT2D eigenvalue weighted by molar-refractivity contribution is 0.625. The molecule has 1 aliphatic heterocycles. The Kier molecular flexibility index (Phi) is 2.27. The molecule has 0 amide bonds. The highest BCUT2D eigenvalue weighted by atomic mass is 32.2. The smallest absolute Gasteiger partial charge is 0.123 e. The molecule has 0 radical (unpaired) electrons. The molecule has 3 heteroatoms. The third kappa shape index (κ3) is 1.86. The molecular weight excluding hydrogens is 185 g/mol. The SMILES string of the molecule is NC1=CCC(c2cccc(F)c2)S1. The van der Waals surface area contributed by atoms with Gasteiger partial charge in [-0.1, -0.05) is 18.2 Å². The van der Waals surface area contributed by atoms with Crippen molar-refractivity contribution in [2.24, 2.45) is 5.73 Å². The summed E-state index contributed by atoms with van der Waals surface area (Å²) < 4.78 is 12.9. The minimum atomic E-state index is -0.177. The van der Waals surface area contributed by atoms with Crippen LogP contribution >= 0.6 is 11.8 Å². The van der Waals surface area contributed by atoms with Crippen molar-refractivity contribution in [3.8, 4) is 0 Å². The van der Waals surface area contributed by atoms with E-state index >= 15 is 0 Å². The first-order valence-electron chi connectivity index (χ1n) is 4.13. The van der Waals surface area contributed by atoms with Gasteiger partial charge >= 0.3 is 0 Å². The van der Waals surface area contributed by atoms with Gasteiger partial charge in [-0.05, 0) is 24.1 Å². The van der Waals surface area contributed by atoms with E-state index in [1.54, 1.807) is 23.9 Å². The second kappa shape index (κ2) is 3.42. The number of allylic oxidation sites excluding steroid dienone is 1. The first kappa shape index (κ1) is 8.63. The molecule has 13 heavy (non-hydrogen) atoms. The van der Waals surface area contributed by atoms with Crippen LogP contribution in [0.25, 0.3) is 0 Å². The van der Waals surface area contributed by atoms with E-state index in [2.05, 4.69) is 0 Å².